The molecule has 1 aromatic rings. The van der Waals surface area contributed by atoms with Crippen LogP contribution in [0.5, 0.6) is 0 Å². The van der Waals surface area contributed by atoms with Crippen molar-refractivity contribution in [2.24, 2.45) is 0 Å². The summed E-state index contributed by atoms with van der Waals surface area (Å²) in [6.07, 6.45) is 3.74. The molecular formula is C10H15N3S. The molecule has 76 valence electrons. The molecule has 0 radical (unpaired) electrons. The molecule has 0 saturated carbocycles. The third kappa shape index (κ3) is 3.44. The molecule has 1 unspecified atom stereocenters. The van der Waals surface area contributed by atoms with Gasteiger partial charge in [0.2, 0.25) is 0 Å². The Morgan fingerprint density at radius 3 is 3.07 bits per heavy atom. The summed E-state index contributed by atoms with van der Waals surface area (Å²) < 4.78 is 8.24. The molecule has 1 aromatic heterocycles. The van der Waals surface area contributed by atoms with E-state index in [9.17, 15) is 0 Å². The molecule has 4 heteroatoms. The van der Waals surface area contributed by atoms with Gasteiger partial charge in [-0.2, -0.15) is 8.75 Å². The van der Waals surface area contributed by atoms with Crippen molar-refractivity contribution in [1.82, 2.24) is 14.1 Å². The second kappa shape index (κ2) is 6.52. The van der Waals surface area contributed by atoms with E-state index in [1.807, 2.05) is 13.1 Å². The van der Waals surface area contributed by atoms with E-state index in [1.54, 1.807) is 0 Å². The molecule has 1 N–H and O–H groups in total. The third-order valence-corrected chi connectivity index (χ3v) is 2.41. The van der Waals surface area contributed by atoms with E-state index >= 15 is 0 Å². The largest absolute Gasteiger partial charge is 0.309 e. The molecule has 3 nitrogen and oxygen atoms in total. The summed E-state index contributed by atoms with van der Waals surface area (Å²) in [7, 11) is 0. The molecule has 14 heavy (non-hydrogen) atoms. The van der Waals surface area contributed by atoms with Gasteiger partial charge < -0.3 is 5.32 Å². The molecule has 0 amide bonds. The normalized spacial score (nSPS) is 11.9. The van der Waals surface area contributed by atoms with Crippen LogP contribution in [-0.4, -0.2) is 15.3 Å². The summed E-state index contributed by atoms with van der Waals surface area (Å²) >= 11 is 1.26. The van der Waals surface area contributed by atoms with E-state index in [-0.39, 0.29) is 0 Å². The van der Waals surface area contributed by atoms with Crippen molar-refractivity contribution in [2.75, 3.05) is 6.54 Å². The average molecular weight is 209 g/mol. The van der Waals surface area contributed by atoms with Crippen LogP contribution in [-0.2, 0) is 0 Å². The monoisotopic (exact) mass is 209 g/mol. The van der Waals surface area contributed by atoms with Gasteiger partial charge in [0, 0.05) is 6.42 Å². The predicted octanol–water partition coefficient (Wildman–Crippen LogP) is 1.99. The standard InChI is InChI=1S/C10H15N3S/c1-3-5-6-7-9(11-4-2)10-8-12-14-13-10/h8-9,11H,4,6-7H2,1-2H3. The Kier molecular flexibility index (Phi) is 5.20. The van der Waals surface area contributed by atoms with Crippen LogP contribution in [0.25, 0.3) is 0 Å². The number of hydrogen-bond acceptors (Lipinski definition) is 4. The number of nitrogens with zero attached hydrogens (tertiary/aromatic N) is 2. The minimum atomic E-state index is 0.305. The lowest BCUT2D eigenvalue weighted by Gasteiger charge is -2.12. The second-order valence-electron chi connectivity index (χ2n) is 2.91. The fourth-order valence-electron chi connectivity index (χ4n) is 1.27. The van der Waals surface area contributed by atoms with Gasteiger partial charge in [0.25, 0.3) is 0 Å². The van der Waals surface area contributed by atoms with Crippen LogP contribution in [0.2, 0.25) is 0 Å². The summed E-state index contributed by atoms with van der Waals surface area (Å²) in [6, 6.07) is 0.305. The highest BCUT2D eigenvalue weighted by Crippen LogP contribution is 2.15. The third-order valence-electron chi connectivity index (χ3n) is 1.92. The van der Waals surface area contributed by atoms with Crippen molar-refractivity contribution in [1.29, 1.82) is 0 Å². The minimum absolute atomic E-state index is 0.305. The van der Waals surface area contributed by atoms with E-state index in [2.05, 4.69) is 32.8 Å². The van der Waals surface area contributed by atoms with Crippen LogP contribution < -0.4 is 5.32 Å². The van der Waals surface area contributed by atoms with E-state index < -0.39 is 0 Å². The molecule has 0 fully saturated rings. The molecular weight excluding hydrogens is 194 g/mol. The van der Waals surface area contributed by atoms with Crippen molar-refractivity contribution in [3.05, 3.63) is 11.9 Å². The maximum absolute atomic E-state index is 4.23. The topological polar surface area (TPSA) is 37.8 Å². The first-order valence-electron chi connectivity index (χ1n) is 4.79. The fraction of sp³-hybridized carbons (Fsp3) is 0.600. The van der Waals surface area contributed by atoms with Gasteiger partial charge >= 0.3 is 0 Å². The first kappa shape index (κ1) is 11.2. The highest BCUT2D eigenvalue weighted by atomic mass is 32.1. The molecule has 0 aliphatic rings. The summed E-state index contributed by atoms with van der Waals surface area (Å²) in [4.78, 5) is 0. The molecule has 0 bridgehead atoms. The van der Waals surface area contributed by atoms with Crippen molar-refractivity contribution in [3.63, 3.8) is 0 Å². The maximum Gasteiger partial charge on any atom is 0.0912 e. The lowest BCUT2D eigenvalue weighted by Crippen LogP contribution is -2.20. The lowest BCUT2D eigenvalue weighted by molar-refractivity contribution is 0.514. The number of hydrogen-bond donors (Lipinski definition) is 1. The van der Waals surface area contributed by atoms with Gasteiger partial charge in [-0.3, -0.25) is 0 Å². The van der Waals surface area contributed by atoms with Gasteiger partial charge in [0.1, 0.15) is 0 Å². The van der Waals surface area contributed by atoms with Crippen molar-refractivity contribution in [2.45, 2.75) is 32.7 Å². The molecule has 1 heterocycles. The van der Waals surface area contributed by atoms with E-state index in [1.165, 1.54) is 11.7 Å². The number of aromatic nitrogens is 2. The van der Waals surface area contributed by atoms with Crippen LogP contribution in [0.3, 0.4) is 0 Å². The van der Waals surface area contributed by atoms with Crippen LogP contribution in [0.15, 0.2) is 6.20 Å². The minimum Gasteiger partial charge on any atom is -0.309 e. The summed E-state index contributed by atoms with van der Waals surface area (Å²) in [5, 5.41) is 3.38. The highest BCUT2D eigenvalue weighted by molar-refractivity contribution is 6.99. The van der Waals surface area contributed by atoms with E-state index in [0.717, 1.165) is 25.1 Å². The van der Waals surface area contributed by atoms with Gasteiger partial charge in [-0.15, -0.1) is 11.8 Å². The van der Waals surface area contributed by atoms with Crippen LogP contribution in [0.1, 0.15) is 38.4 Å². The molecule has 0 aliphatic heterocycles. The van der Waals surface area contributed by atoms with E-state index in [0.29, 0.717) is 6.04 Å². The average Bonchev–Trinajstić information content (AvgIpc) is 2.70. The molecule has 0 aliphatic carbocycles. The second-order valence-corrected chi connectivity index (χ2v) is 3.46. The smallest absolute Gasteiger partial charge is 0.0912 e. The molecule has 0 aromatic carbocycles. The fourth-order valence-corrected chi connectivity index (χ4v) is 1.74. The van der Waals surface area contributed by atoms with Crippen molar-refractivity contribution >= 4 is 11.7 Å². The number of rotatable bonds is 5. The zero-order valence-corrected chi connectivity index (χ0v) is 9.40. The van der Waals surface area contributed by atoms with Crippen LogP contribution in [0, 0.1) is 11.8 Å². The quantitative estimate of drug-likeness (QED) is 0.754. The molecule has 0 spiro atoms. The Bertz CT molecular complexity index is 297. The van der Waals surface area contributed by atoms with Gasteiger partial charge in [-0.25, -0.2) is 0 Å². The maximum atomic E-state index is 4.23. The first-order valence-corrected chi connectivity index (χ1v) is 5.52. The summed E-state index contributed by atoms with van der Waals surface area (Å²) in [6.45, 7) is 4.91. The Balaban J connectivity index is 2.50. The zero-order chi connectivity index (χ0) is 10.2. The first-order chi connectivity index (χ1) is 6.88. The SMILES string of the molecule is CC#CCCC(NCC)c1cnsn1. The van der Waals surface area contributed by atoms with E-state index in [4.69, 9.17) is 0 Å². The van der Waals surface area contributed by atoms with Gasteiger partial charge in [0.15, 0.2) is 0 Å². The molecule has 1 rings (SSSR count). The van der Waals surface area contributed by atoms with Gasteiger partial charge in [-0.1, -0.05) is 6.92 Å². The van der Waals surface area contributed by atoms with Crippen molar-refractivity contribution in [3.8, 4) is 11.8 Å². The Morgan fingerprint density at radius 2 is 2.50 bits per heavy atom. The lowest BCUT2D eigenvalue weighted by atomic mass is 10.1. The van der Waals surface area contributed by atoms with Crippen molar-refractivity contribution < 1.29 is 0 Å². The molecule has 1 atom stereocenters. The Hall–Kier alpha value is -0.920. The van der Waals surface area contributed by atoms with Gasteiger partial charge in [-0.05, 0) is 19.9 Å². The molecule has 0 saturated heterocycles. The summed E-state index contributed by atoms with van der Waals surface area (Å²) in [5.74, 6) is 5.96. The van der Waals surface area contributed by atoms with Crippen LogP contribution >= 0.6 is 11.7 Å². The highest BCUT2D eigenvalue weighted by Gasteiger charge is 2.11. The van der Waals surface area contributed by atoms with Gasteiger partial charge in [0.05, 0.1) is 29.7 Å². The van der Waals surface area contributed by atoms with Crippen LogP contribution in [0.4, 0.5) is 0 Å². The zero-order valence-electron chi connectivity index (χ0n) is 8.58. The Labute approximate surface area is 89.3 Å². The predicted molar refractivity (Wildman–Crippen MR) is 59.0 cm³/mol. The number of nitrogens with one attached hydrogen (secondary N) is 1. The summed E-state index contributed by atoms with van der Waals surface area (Å²) in [5.41, 5.74) is 1.04. The Morgan fingerprint density at radius 1 is 1.64 bits per heavy atom.